The highest BCUT2D eigenvalue weighted by Gasteiger charge is 2.31. The number of rotatable bonds is 6. The van der Waals surface area contributed by atoms with Crippen LogP contribution >= 0.6 is 0 Å². The van der Waals surface area contributed by atoms with E-state index in [1.54, 1.807) is 29.2 Å². The van der Waals surface area contributed by atoms with E-state index in [1.807, 2.05) is 30.3 Å². The number of nitrogens with one attached hydrogen (secondary N) is 1. The highest BCUT2D eigenvalue weighted by Crippen LogP contribution is 2.16. The summed E-state index contributed by atoms with van der Waals surface area (Å²) < 4.78 is 5.52. The van der Waals surface area contributed by atoms with Crippen molar-refractivity contribution in [2.75, 3.05) is 18.5 Å². The topological polar surface area (TPSA) is 75.7 Å². The highest BCUT2D eigenvalue weighted by molar-refractivity contribution is 5.97. The Kier molecular flexibility index (Phi) is 5.98. The van der Waals surface area contributed by atoms with Crippen LogP contribution in [0.15, 0.2) is 54.6 Å². The molecule has 1 fully saturated rings. The second-order valence-corrected chi connectivity index (χ2v) is 6.49. The van der Waals surface area contributed by atoms with E-state index in [2.05, 4.69) is 5.32 Å². The lowest BCUT2D eigenvalue weighted by Gasteiger charge is -2.32. The second kappa shape index (κ2) is 8.60. The monoisotopic (exact) mass is 366 g/mol. The smallest absolute Gasteiger partial charge is 0.252 e. The fourth-order valence-corrected chi connectivity index (χ4v) is 2.97. The second-order valence-electron chi connectivity index (χ2n) is 6.49. The highest BCUT2D eigenvalue weighted by atomic mass is 16.5. The number of carbonyl (C=O) groups excluding carboxylic acids is 3. The van der Waals surface area contributed by atoms with Crippen molar-refractivity contribution in [2.24, 2.45) is 0 Å². The van der Waals surface area contributed by atoms with Gasteiger partial charge in [0.2, 0.25) is 5.91 Å². The predicted molar refractivity (Wildman–Crippen MR) is 101 cm³/mol. The Balaban J connectivity index is 1.56. The molecular weight excluding hydrogens is 344 g/mol. The molecule has 2 aromatic carbocycles. The maximum atomic E-state index is 12.6. The first-order valence-electron chi connectivity index (χ1n) is 8.88. The molecule has 2 amide bonds. The van der Waals surface area contributed by atoms with Crippen LogP contribution in [-0.2, 0) is 20.9 Å². The molecule has 2 aromatic rings. The van der Waals surface area contributed by atoms with Gasteiger partial charge in [-0.3, -0.25) is 14.4 Å². The Labute approximate surface area is 158 Å². The first-order valence-corrected chi connectivity index (χ1v) is 8.88. The lowest BCUT2D eigenvalue weighted by Crippen LogP contribution is -2.48. The van der Waals surface area contributed by atoms with Gasteiger partial charge in [0.15, 0.2) is 5.78 Å². The number of morpholine rings is 1. The zero-order valence-electron chi connectivity index (χ0n) is 15.2. The average molecular weight is 366 g/mol. The Morgan fingerprint density at radius 3 is 2.48 bits per heavy atom. The number of benzene rings is 2. The molecule has 6 heteroatoms. The Bertz CT molecular complexity index is 818. The van der Waals surface area contributed by atoms with Gasteiger partial charge in [-0.05, 0) is 36.8 Å². The molecule has 0 bridgehead atoms. The first kappa shape index (κ1) is 18.8. The maximum Gasteiger partial charge on any atom is 0.252 e. The van der Waals surface area contributed by atoms with Crippen molar-refractivity contribution < 1.29 is 19.1 Å². The first-order chi connectivity index (χ1) is 13.0. The molecule has 1 saturated heterocycles. The predicted octanol–water partition coefficient (Wildman–Crippen LogP) is 2.65. The van der Waals surface area contributed by atoms with Crippen molar-refractivity contribution >= 4 is 23.3 Å². The van der Waals surface area contributed by atoms with Gasteiger partial charge in [-0.25, -0.2) is 0 Å². The van der Waals surface area contributed by atoms with Gasteiger partial charge in [0, 0.05) is 24.3 Å². The number of hydrogen-bond acceptors (Lipinski definition) is 4. The molecule has 6 nitrogen and oxygen atoms in total. The van der Waals surface area contributed by atoms with Crippen molar-refractivity contribution in [3.05, 3.63) is 65.7 Å². The van der Waals surface area contributed by atoms with Crippen LogP contribution in [0.2, 0.25) is 0 Å². The van der Waals surface area contributed by atoms with E-state index in [1.165, 1.54) is 6.92 Å². The van der Waals surface area contributed by atoms with E-state index in [9.17, 15) is 14.4 Å². The summed E-state index contributed by atoms with van der Waals surface area (Å²) in [7, 11) is 0. The minimum atomic E-state index is -0.779. The summed E-state index contributed by atoms with van der Waals surface area (Å²) in [5.74, 6) is -0.509. The summed E-state index contributed by atoms with van der Waals surface area (Å²) in [6.45, 7) is 2.91. The van der Waals surface area contributed by atoms with Crippen LogP contribution in [0.25, 0.3) is 0 Å². The normalized spacial score (nSPS) is 16.9. The molecular formula is C21H22N2O4. The van der Waals surface area contributed by atoms with Gasteiger partial charge < -0.3 is 15.0 Å². The molecule has 0 saturated carbocycles. The molecule has 0 radical (unpaired) electrons. The molecule has 1 aliphatic heterocycles. The van der Waals surface area contributed by atoms with Crippen LogP contribution in [0, 0.1) is 0 Å². The third-order valence-corrected chi connectivity index (χ3v) is 4.43. The molecule has 0 unspecified atom stereocenters. The number of hydrogen-bond donors (Lipinski definition) is 1. The third-order valence-electron chi connectivity index (χ3n) is 4.43. The molecule has 1 aliphatic rings. The number of ketones is 1. The Morgan fingerprint density at radius 1 is 1.11 bits per heavy atom. The summed E-state index contributed by atoms with van der Waals surface area (Å²) in [4.78, 5) is 37.9. The molecule has 0 aliphatic carbocycles. The quantitative estimate of drug-likeness (QED) is 0.798. The van der Waals surface area contributed by atoms with Gasteiger partial charge in [-0.1, -0.05) is 30.3 Å². The summed E-state index contributed by atoms with van der Waals surface area (Å²) in [5.41, 5.74) is 2.20. The largest absolute Gasteiger partial charge is 0.366 e. The van der Waals surface area contributed by atoms with Gasteiger partial charge in [0.1, 0.15) is 6.10 Å². The molecule has 1 atom stereocenters. The van der Waals surface area contributed by atoms with Crippen LogP contribution in [0.3, 0.4) is 0 Å². The molecule has 1 N–H and O–H groups in total. The number of anilines is 1. The summed E-state index contributed by atoms with van der Waals surface area (Å²) in [6, 6.07) is 16.4. The van der Waals surface area contributed by atoms with Crippen LogP contribution in [0.1, 0.15) is 29.3 Å². The minimum absolute atomic E-state index is 0.0346. The molecule has 1 heterocycles. The van der Waals surface area contributed by atoms with Crippen LogP contribution in [0.4, 0.5) is 5.69 Å². The Morgan fingerprint density at radius 2 is 1.81 bits per heavy atom. The van der Waals surface area contributed by atoms with Crippen molar-refractivity contribution in [1.29, 1.82) is 0 Å². The number of ether oxygens (including phenoxy) is 1. The van der Waals surface area contributed by atoms with E-state index >= 15 is 0 Å². The van der Waals surface area contributed by atoms with E-state index in [0.29, 0.717) is 30.9 Å². The Hall–Kier alpha value is -2.99. The van der Waals surface area contributed by atoms with Crippen molar-refractivity contribution in [1.82, 2.24) is 4.90 Å². The molecule has 3 rings (SSSR count). The van der Waals surface area contributed by atoms with E-state index in [4.69, 9.17) is 4.74 Å². The zero-order valence-corrected chi connectivity index (χ0v) is 15.2. The van der Waals surface area contributed by atoms with Crippen molar-refractivity contribution in [3.63, 3.8) is 0 Å². The van der Waals surface area contributed by atoms with Gasteiger partial charge in [0.05, 0.1) is 13.0 Å². The van der Waals surface area contributed by atoms with Gasteiger partial charge in [-0.15, -0.1) is 0 Å². The van der Waals surface area contributed by atoms with Crippen LogP contribution < -0.4 is 5.32 Å². The van der Waals surface area contributed by atoms with Gasteiger partial charge >= 0.3 is 0 Å². The fourth-order valence-electron chi connectivity index (χ4n) is 2.97. The number of Topliss-reactive ketones (excluding diaryl/α,β-unsaturated/α-hetero) is 1. The standard InChI is InChI=1S/C21H22N2O4/c1-15(24)17-7-9-18(10-8-17)22-20(25)13-19-21(26)23(11-12-27-19)14-16-5-3-2-4-6-16/h2-10,19H,11-14H2,1H3,(H,22,25)/t19-/m0/s1. The van der Waals surface area contributed by atoms with E-state index in [0.717, 1.165) is 5.56 Å². The summed E-state index contributed by atoms with van der Waals surface area (Å²) >= 11 is 0. The SMILES string of the molecule is CC(=O)c1ccc(NC(=O)C[C@@H]2OCCN(Cc3ccccc3)C2=O)cc1. The van der Waals surface area contributed by atoms with Crippen molar-refractivity contribution in [3.8, 4) is 0 Å². The molecule has 0 spiro atoms. The van der Waals surface area contributed by atoms with Crippen molar-refractivity contribution in [2.45, 2.75) is 26.0 Å². The average Bonchev–Trinajstić information content (AvgIpc) is 2.66. The summed E-state index contributed by atoms with van der Waals surface area (Å²) in [6.07, 6.45) is -0.822. The maximum absolute atomic E-state index is 12.6. The van der Waals surface area contributed by atoms with Crippen LogP contribution in [0.5, 0.6) is 0 Å². The molecule has 27 heavy (non-hydrogen) atoms. The van der Waals surface area contributed by atoms with Crippen LogP contribution in [-0.4, -0.2) is 41.8 Å². The number of carbonyl (C=O) groups is 3. The summed E-state index contributed by atoms with van der Waals surface area (Å²) in [5, 5.41) is 2.74. The lowest BCUT2D eigenvalue weighted by molar-refractivity contribution is -0.155. The van der Waals surface area contributed by atoms with E-state index < -0.39 is 6.10 Å². The lowest BCUT2D eigenvalue weighted by atomic mass is 10.1. The van der Waals surface area contributed by atoms with Gasteiger partial charge in [0.25, 0.3) is 5.91 Å². The number of nitrogens with zero attached hydrogens (tertiary/aromatic N) is 1. The minimum Gasteiger partial charge on any atom is -0.366 e. The molecule has 0 aromatic heterocycles. The fraction of sp³-hybridized carbons (Fsp3) is 0.286. The van der Waals surface area contributed by atoms with Gasteiger partial charge in [-0.2, -0.15) is 0 Å². The third kappa shape index (κ3) is 5.01. The number of amides is 2. The molecule has 140 valence electrons. The zero-order chi connectivity index (χ0) is 19.2. The van der Waals surface area contributed by atoms with E-state index in [-0.39, 0.29) is 24.0 Å².